The highest BCUT2D eigenvalue weighted by molar-refractivity contribution is 5.69. The summed E-state index contributed by atoms with van der Waals surface area (Å²) in [6.45, 7) is 4.58. The van der Waals surface area contributed by atoms with Crippen LogP contribution in [-0.4, -0.2) is 31.8 Å². The van der Waals surface area contributed by atoms with Crippen molar-refractivity contribution < 1.29 is 19.1 Å². The van der Waals surface area contributed by atoms with E-state index in [1.807, 2.05) is 6.92 Å². The molecule has 0 atom stereocenters. The second kappa shape index (κ2) is 9.30. The Balaban J connectivity index is 3.27. The monoisotopic (exact) mass is 217 g/mol. The van der Waals surface area contributed by atoms with Gasteiger partial charge in [0, 0.05) is 13.0 Å². The van der Waals surface area contributed by atoms with Gasteiger partial charge in [0.05, 0.1) is 0 Å². The molecule has 1 N–H and O–H groups in total. The van der Waals surface area contributed by atoms with Crippen molar-refractivity contribution in [2.45, 2.75) is 33.1 Å². The summed E-state index contributed by atoms with van der Waals surface area (Å²) in [7, 11) is 0. The summed E-state index contributed by atoms with van der Waals surface area (Å²) in [6.07, 6.45) is 1.83. The van der Waals surface area contributed by atoms with E-state index in [1.165, 1.54) is 0 Å². The number of nitrogens with one attached hydrogen (secondary N) is 1. The van der Waals surface area contributed by atoms with Crippen LogP contribution < -0.4 is 5.32 Å². The van der Waals surface area contributed by atoms with Gasteiger partial charge in [-0.1, -0.05) is 20.3 Å². The smallest absolute Gasteiger partial charge is 0.407 e. The summed E-state index contributed by atoms with van der Waals surface area (Å²) in [5.41, 5.74) is 0. The molecule has 0 aliphatic heterocycles. The summed E-state index contributed by atoms with van der Waals surface area (Å²) in [5.74, 6) is -0.287. The van der Waals surface area contributed by atoms with Crippen LogP contribution in [0.5, 0.6) is 0 Å². The Morgan fingerprint density at radius 1 is 1.13 bits per heavy atom. The number of esters is 1. The number of unbranched alkanes of at least 4 members (excludes halogenated alkanes) is 1. The topological polar surface area (TPSA) is 64.6 Å². The lowest BCUT2D eigenvalue weighted by Crippen LogP contribution is -2.26. The van der Waals surface area contributed by atoms with Crippen LogP contribution in [0.1, 0.15) is 33.1 Å². The molecule has 15 heavy (non-hydrogen) atoms. The van der Waals surface area contributed by atoms with Gasteiger partial charge in [-0.2, -0.15) is 0 Å². The molecule has 0 rings (SSSR count). The Bertz CT molecular complexity index is 194. The average molecular weight is 217 g/mol. The summed E-state index contributed by atoms with van der Waals surface area (Å²) in [4.78, 5) is 21.6. The van der Waals surface area contributed by atoms with Crippen molar-refractivity contribution in [3.8, 4) is 0 Å². The number of rotatable bonds is 7. The first-order valence-electron chi connectivity index (χ1n) is 5.27. The van der Waals surface area contributed by atoms with E-state index in [-0.39, 0.29) is 19.2 Å². The van der Waals surface area contributed by atoms with Crippen LogP contribution in [0.25, 0.3) is 0 Å². The molecule has 0 fully saturated rings. The Morgan fingerprint density at radius 2 is 1.80 bits per heavy atom. The molecule has 0 aromatic heterocycles. The van der Waals surface area contributed by atoms with Crippen molar-refractivity contribution in [3.63, 3.8) is 0 Å². The van der Waals surface area contributed by atoms with Gasteiger partial charge in [0.25, 0.3) is 0 Å². The summed E-state index contributed by atoms with van der Waals surface area (Å²) < 4.78 is 9.48. The molecule has 0 radical (unpaired) electrons. The molecule has 0 heterocycles. The van der Waals surface area contributed by atoms with Gasteiger partial charge >= 0.3 is 12.1 Å². The summed E-state index contributed by atoms with van der Waals surface area (Å²) >= 11 is 0. The minimum atomic E-state index is -0.462. The van der Waals surface area contributed by atoms with Gasteiger partial charge in [0.15, 0.2) is 0 Å². The molecule has 0 unspecified atom stereocenters. The number of amides is 1. The number of hydrogen-bond acceptors (Lipinski definition) is 4. The minimum Gasteiger partial charge on any atom is -0.462 e. The zero-order valence-corrected chi connectivity index (χ0v) is 9.38. The third-order valence-corrected chi connectivity index (χ3v) is 1.67. The number of carbonyl (C=O) groups excluding carboxylic acids is 2. The molecule has 88 valence electrons. The highest BCUT2D eigenvalue weighted by atomic mass is 16.6. The van der Waals surface area contributed by atoms with E-state index in [2.05, 4.69) is 5.32 Å². The Morgan fingerprint density at radius 3 is 2.40 bits per heavy atom. The van der Waals surface area contributed by atoms with Gasteiger partial charge in [0.2, 0.25) is 0 Å². The Labute approximate surface area is 90.1 Å². The second-order valence-electron chi connectivity index (χ2n) is 2.99. The third kappa shape index (κ3) is 9.05. The second-order valence-corrected chi connectivity index (χ2v) is 2.99. The molecule has 0 aromatic carbocycles. The van der Waals surface area contributed by atoms with Crippen LogP contribution in [0, 0.1) is 0 Å². The zero-order valence-electron chi connectivity index (χ0n) is 9.38. The highest BCUT2D eigenvalue weighted by Gasteiger charge is 2.01. The minimum absolute atomic E-state index is 0.101. The fraction of sp³-hybridized carbons (Fsp3) is 0.800. The first-order chi connectivity index (χ1) is 7.20. The number of carbonyl (C=O) groups is 2. The van der Waals surface area contributed by atoms with Gasteiger partial charge in [-0.25, -0.2) is 4.79 Å². The van der Waals surface area contributed by atoms with E-state index in [1.54, 1.807) is 6.92 Å². The molecule has 0 aromatic rings. The highest BCUT2D eigenvalue weighted by Crippen LogP contribution is 1.87. The number of ether oxygens (including phenoxy) is 2. The van der Waals surface area contributed by atoms with Crippen molar-refractivity contribution in [2.75, 3.05) is 19.8 Å². The first kappa shape index (κ1) is 13.7. The number of alkyl carbamates (subject to hydrolysis) is 1. The number of hydrogen-bond donors (Lipinski definition) is 1. The lowest BCUT2D eigenvalue weighted by atomic mass is 10.3. The predicted molar refractivity (Wildman–Crippen MR) is 55.5 cm³/mol. The van der Waals surface area contributed by atoms with Crippen molar-refractivity contribution in [3.05, 3.63) is 0 Å². The van der Waals surface area contributed by atoms with Crippen molar-refractivity contribution in [1.29, 1.82) is 0 Å². The molecule has 0 bridgehead atoms. The van der Waals surface area contributed by atoms with E-state index < -0.39 is 6.09 Å². The quantitative estimate of drug-likeness (QED) is 0.518. The molecule has 1 amide bonds. The molecular weight excluding hydrogens is 198 g/mol. The molecule has 0 aliphatic rings. The van der Waals surface area contributed by atoms with Gasteiger partial charge < -0.3 is 14.8 Å². The van der Waals surface area contributed by atoms with Gasteiger partial charge in [-0.05, 0) is 6.42 Å². The molecule has 5 nitrogen and oxygen atoms in total. The zero-order chi connectivity index (χ0) is 11.5. The maximum absolute atomic E-state index is 11.0. The molecule has 0 saturated heterocycles. The summed E-state index contributed by atoms with van der Waals surface area (Å²) in [6, 6.07) is 0. The normalized spacial score (nSPS) is 9.47. The lowest BCUT2D eigenvalue weighted by molar-refractivity contribution is -0.144. The van der Waals surface area contributed by atoms with Crippen molar-refractivity contribution >= 4 is 12.1 Å². The van der Waals surface area contributed by atoms with Crippen LogP contribution in [0.2, 0.25) is 0 Å². The van der Waals surface area contributed by atoms with Crippen molar-refractivity contribution in [2.24, 2.45) is 0 Å². The first-order valence-corrected chi connectivity index (χ1v) is 5.27. The van der Waals surface area contributed by atoms with Gasteiger partial charge in [0.1, 0.15) is 13.2 Å². The van der Waals surface area contributed by atoms with Crippen LogP contribution >= 0.6 is 0 Å². The Hall–Kier alpha value is -1.26. The standard InChI is InChI=1S/C10H19NO4/c1-3-5-6-11-10(13)15-8-7-14-9(12)4-2/h3-8H2,1-2H3,(H,11,13). The van der Waals surface area contributed by atoms with E-state index in [0.717, 1.165) is 12.8 Å². The SMILES string of the molecule is CCCCNC(=O)OCCOC(=O)CC. The Kier molecular flexibility index (Phi) is 8.52. The maximum Gasteiger partial charge on any atom is 0.407 e. The average Bonchev–Trinajstić information content (AvgIpc) is 2.24. The summed E-state index contributed by atoms with van der Waals surface area (Å²) in [5, 5.41) is 2.58. The van der Waals surface area contributed by atoms with E-state index in [9.17, 15) is 9.59 Å². The fourth-order valence-corrected chi connectivity index (χ4v) is 0.810. The molecule has 0 aliphatic carbocycles. The van der Waals surface area contributed by atoms with E-state index >= 15 is 0 Å². The third-order valence-electron chi connectivity index (χ3n) is 1.67. The van der Waals surface area contributed by atoms with Crippen LogP contribution in [-0.2, 0) is 14.3 Å². The molecule has 5 heteroatoms. The lowest BCUT2D eigenvalue weighted by Gasteiger charge is -2.06. The van der Waals surface area contributed by atoms with E-state index in [4.69, 9.17) is 9.47 Å². The predicted octanol–water partition coefficient (Wildman–Crippen LogP) is 1.47. The van der Waals surface area contributed by atoms with Crippen LogP contribution in [0.3, 0.4) is 0 Å². The molecular formula is C10H19NO4. The maximum atomic E-state index is 11.0. The van der Waals surface area contributed by atoms with Crippen molar-refractivity contribution in [1.82, 2.24) is 5.32 Å². The largest absolute Gasteiger partial charge is 0.462 e. The van der Waals surface area contributed by atoms with E-state index in [0.29, 0.717) is 13.0 Å². The van der Waals surface area contributed by atoms with Gasteiger partial charge in [-0.3, -0.25) is 4.79 Å². The molecule has 0 spiro atoms. The van der Waals surface area contributed by atoms with Crippen LogP contribution in [0.4, 0.5) is 4.79 Å². The van der Waals surface area contributed by atoms with Gasteiger partial charge in [-0.15, -0.1) is 0 Å². The fourth-order valence-electron chi connectivity index (χ4n) is 0.810. The molecule has 0 saturated carbocycles. The van der Waals surface area contributed by atoms with Crippen LogP contribution in [0.15, 0.2) is 0 Å².